The molecule has 152 valence electrons. The van der Waals surface area contributed by atoms with E-state index in [4.69, 9.17) is 5.11 Å². The van der Waals surface area contributed by atoms with E-state index in [1.165, 1.54) is 25.1 Å². The molecule has 0 spiro atoms. The number of benzene rings is 1. The summed E-state index contributed by atoms with van der Waals surface area (Å²) in [6.45, 7) is 4.01. The summed E-state index contributed by atoms with van der Waals surface area (Å²) in [6, 6.07) is 4.50. The van der Waals surface area contributed by atoms with E-state index >= 15 is 0 Å². The van der Waals surface area contributed by atoms with Crippen molar-refractivity contribution < 1.29 is 24.4 Å². The Bertz CT molecular complexity index is 762. The molecule has 2 amide bonds. The summed E-state index contributed by atoms with van der Waals surface area (Å²) in [5, 5.41) is 25.1. The number of carbonyl (C=O) groups excluding carboxylic acids is 2. The molecule has 1 aliphatic rings. The number of hydrogen-bond donors (Lipinski definition) is 3. The molecule has 0 aliphatic heterocycles. The van der Waals surface area contributed by atoms with Crippen LogP contribution in [-0.4, -0.2) is 63.9 Å². The Morgan fingerprint density at radius 1 is 1.36 bits per heavy atom. The van der Waals surface area contributed by atoms with Crippen molar-refractivity contribution in [3.63, 3.8) is 0 Å². The molecule has 10 heteroatoms. The second kappa shape index (κ2) is 9.27. The van der Waals surface area contributed by atoms with Gasteiger partial charge in [-0.25, -0.2) is 0 Å². The lowest BCUT2D eigenvalue weighted by atomic mass is 9.85. The van der Waals surface area contributed by atoms with Crippen LogP contribution in [0.1, 0.15) is 37.0 Å². The standard InChI is InChI=1S/C18H24N4O6/c1-3-21(10-16(23)24)15-8-13(9-15)20-17(25)11(2)19-18(26)12-5-4-6-14(7-12)22(27)28/h4-7,11,13,15H,3,8-10H2,1-2H3,(H,19,26)(H,20,25)(H,23,24). The Morgan fingerprint density at radius 2 is 2.04 bits per heavy atom. The molecular formula is C18H24N4O6. The highest BCUT2D eigenvalue weighted by atomic mass is 16.6. The number of nitrogens with zero attached hydrogens (tertiary/aromatic N) is 2. The molecule has 0 bridgehead atoms. The molecule has 2 rings (SSSR count). The van der Waals surface area contributed by atoms with E-state index in [1.54, 1.807) is 0 Å². The van der Waals surface area contributed by atoms with Crippen molar-refractivity contribution >= 4 is 23.5 Å². The van der Waals surface area contributed by atoms with E-state index in [1.807, 2.05) is 11.8 Å². The van der Waals surface area contributed by atoms with Gasteiger partial charge in [0.15, 0.2) is 0 Å². The third kappa shape index (κ3) is 5.49. The lowest BCUT2D eigenvalue weighted by molar-refractivity contribution is -0.384. The number of non-ortho nitro benzene ring substituents is 1. The van der Waals surface area contributed by atoms with Crippen LogP contribution in [-0.2, 0) is 9.59 Å². The average molecular weight is 392 g/mol. The van der Waals surface area contributed by atoms with E-state index in [2.05, 4.69) is 10.6 Å². The van der Waals surface area contributed by atoms with Gasteiger partial charge in [-0.05, 0) is 32.4 Å². The van der Waals surface area contributed by atoms with Gasteiger partial charge in [-0.1, -0.05) is 13.0 Å². The monoisotopic (exact) mass is 392 g/mol. The minimum atomic E-state index is -0.883. The Balaban J connectivity index is 1.82. The third-order valence-electron chi connectivity index (χ3n) is 4.78. The SMILES string of the molecule is CCN(CC(=O)O)C1CC(NC(=O)C(C)NC(=O)c2cccc([N+](=O)[O-])c2)C1. The van der Waals surface area contributed by atoms with Crippen LogP contribution < -0.4 is 10.6 Å². The largest absolute Gasteiger partial charge is 0.480 e. The fourth-order valence-electron chi connectivity index (χ4n) is 3.11. The number of nitro benzene ring substituents is 1. The average Bonchev–Trinajstić information content (AvgIpc) is 2.62. The van der Waals surface area contributed by atoms with Crippen molar-refractivity contribution in [2.24, 2.45) is 0 Å². The Labute approximate surface area is 162 Å². The lowest BCUT2D eigenvalue weighted by Gasteiger charge is -2.42. The van der Waals surface area contributed by atoms with Crippen molar-refractivity contribution in [1.29, 1.82) is 0 Å². The highest BCUT2D eigenvalue weighted by Crippen LogP contribution is 2.25. The molecule has 1 unspecified atom stereocenters. The highest BCUT2D eigenvalue weighted by molar-refractivity contribution is 5.97. The lowest BCUT2D eigenvalue weighted by Crippen LogP contribution is -2.57. The normalized spacial score (nSPS) is 19.4. The molecule has 28 heavy (non-hydrogen) atoms. The van der Waals surface area contributed by atoms with Crippen molar-refractivity contribution in [3.05, 3.63) is 39.9 Å². The van der Waals surface area contributed by atoms with Crippen LogP contribution in [0, 0.1) is 10.1 Å². The smallest absolute Gasteiger partial charge is 0.317 e. The number of likely N-dealkylation sites (N-methyl/N-ethyl adjacent to an activating group) is 1. The quantitative estimate of drug-likeness (QED) is 0.416. The van der Waals surface area contributed by atoms with Gasteiger partial charge in [-0.15, -0.1) is 0 Å². The molecule has 0 radical (unpaired) electrons. The van der Waals surface area contributed by atoms with E-state index in [0.29, 0.717) is 19.4 Å². The first-order valence-electron chi connectivity index (χ1n) is 9.02. The van der Waals surface area contributed by atoms with Gasteiger partial charge in [-0.3, -0.25) is 29.4 Å². The number of nitro groups is 1. The molecule has 1 atom stereocenters. The number of carboxylic acid groups (broad SMARTS) is 1. The number of carbonyl (C=O) groups is 3. The van der Waals surface area contributed by atoms with Gasteiger partial charge < -0.3 is 15.7 Å². The van der Waals surface area contributed by atoms with Crippen molar-refractivity contribution in [2.75, 3.05) is 13.1 Å². The summed E-state index contributed by atoms with van der Waals surface area (Å²) in [4.78, 5) is 47.4. The summed E-state index contributed by atoms with van der Waals surface area (Å²) >= 11 is 0. The van der Waals surface area contributed by atoms with Gasteiger partial charge in [0.25, 0.3) is 11.6 Å². The van der Waals surface area contributed by atoms with E-state index in [0.717, 1.165) is 6.07 Å². The van der Waals surface area contributed by atoms with Crippen molar-refractivity contribution in [3.8, 4) is 0 Å². The predicted molar refractivity (Wildman–Crippen MR) is 99.9 cm³/mol. The number of hydrogen-bond acceptors (Lipinski definition) is 6. The minimum absolute atomic E-state index is 0.0303. The Hall–Kier alpha value is -3.01. The number of carboxylic acids is 1. The minimum Gasteiger partial charge on any atom is -0.480 e. The Morgan fingerprint density at radius 3 is 2.61 bits per heavy atom. The summed E-state index contributed by atoms with van der Waals surface area (Å²) in [7, 11) is 0. The zero-order valence-corrected chi connectivity index (χ0v) is 15.8. The summed E-state index contributed by atoms with van der Waals surface area (Å²) in [5.41, 5.74) is -0.100. The van der Waals surface area contributed by atoms with E-state index in [-0.39, 0.29) is 35.8 Å². The van der Waals surface area contributed by atoms with Crippen molar-refractivity contribution in [2.45, 2.75) is 44.8 Å². The van der Waals surface area contributed by atoms with Gasteiger partial charge in [0, 0.05) is 29.8 Å². The molecule has 0 aromatic heterocycles. The van der Waals surface area contributed by atoms with Crippen LogP contribution >= 0.6 is 0 Å². The first-order chi connectivity index (χ1) is 13.2. The van der Waals surface area contributed by atoms with Crippen LogP contribution in [0.25, 0.3) is 0 Å². The van der Waals surface area contributed by atoms with Crippen LogP contribution in [0.3, 0.4) is 0 Å². The van der Waals surface area contributed by atoms with E-state index < -0.39 is 22.8 Å². The molecule has 1 saturated carbocycles. The van der Waals surface area contributed by atoms with Gasteiger partial charge in [0.1, 0.15) is 6.04 Å². The maximum atomic E-state index is 12.3. The molecule has 0 saturated heterocycles. The summed E-state index contributed by atoms with van der Waals surface area (Å²) in [5.74, 6) is -1.81. The fourth-order valence-corrected chi connectivity index (χ4v) is 3.11. The van der Waals surface area contributed by atoms with E-state index in [9.17, 15) is 24.5 Å². The number of aliphatic carboxylic acids is 1. The van der Waals surface area contributed by atoms with Gasteiger partial charge in [0.05, 0.1) is 11.5 Å². The maximum Gasteiger partial charge on any atom is 0.317 e. The fraction of sp³-hybridized carbons (Fsp3) is 0.500. The Kier molecular flexibility index (Phi) is 7.05. The molecule has 1 aromatic rings. The highest BCUT2D eigenvalue weighted by Gasteiger charge is 2.35. The second-order valence-electron chi connectivity index (χ2n) is 6.79. The summed E-state index contributed by atoms with van der Waals surface area (Å²) in [6.07, 6.45) is 1.30. The zero-order chi connectivity index (χ0) is 20.8. The first-order valence-corrected chi connectivity index (χ1v) is 9.02. The molecule has 0 heterocycles. The predicted octanol–water partition coefficient (Wildman–Crippen LogP) is 0.767. The topological polar surface area (TPSA) is 142 Å². The van der Waals surface area contributed by atoms with Crippen LogP contribution in [0.2, 0.25) is 0 Å². The van der Waals surface area contributed by atoms with Crippen LogP contribution in [0.4, 0.5) is 5.69 Å². The van der Waals surface area contributed by atoms with Gasteiger partial charge in [-0.2, -0.15) is 0 Å². The molecule has 10 nitrogen and oxygen atoms in total. The zero-order valence-electron chi connectivity index (χ0n) is 15.8. The van der Waals surface area contributed by atoms with Gasteiger partial charge in [0.2, 0.25) is 5.91 Å². The van der Waals surface area contributed by atoms with Gasteiger partial charge >= 0.3 is 5.97 Å². The molecule has 1 aliphatic carbocycles. The molecule has 1 fully saturated rings. The third-order valence-corrected chi connectivity index (χ3v) is 4.78. The summed E-state index contributed by atoms with van der Waals surface area (Å²) < 4.78 is 0. The maximum absolute atomic E-state index is 12.3. The number of rotatable bonds is 9. The van der Waals surface area contributed by atoms with Crippen molar-refractivity contribution in [1.82, 2.24) is 15.5 Å². The second-order valence-corrected chi connectivity index (χ2v) is 6.79. The molecule has 1 aromatic carbocycles. The first kappa shape index (κ1) is 21.3. The van der Waals surface area contributed by atoms with Crippen LogP contribution in [0.5, 0.6) is 0 Å². The molecule has 3 N–H and O–H groups in total. The number of amides is 2. The number of nitrogens with one attached hydrogen (secondary N) is 2. The molecular weight excluding hydrogens is 368 g/mol. The van der Waals surface area contributed by atoms with Crippen LogP contribution in [0.15, 0.2) is 24.3 Å².